The molecule has 198 valence electrons. The number of nitrogens with zero attached hydrogens (tertiary/aromatic N) is 3. The number of aromatic hydroxyl groups is 1. The van der Waals surface area contributed by atoms with Crippen LogP contribution in [0.3, 0.4) is 0 Å². The van der Waals surface area contributed by atoms with Gasteiger partial charge in [-0.1, -0.05) is 81.4 Å². The lowest BCUT2D eigenvalue weighted by atomic mass is 9.87. The number of rotatable bonds is 8. The fourth-order valence-corrected chi connectivity index (χ4v) is 4.44. The number of hydrogen-bond acceptors (Lipinski definition) is 5. The van der Waals surface area contributed by atoms with Crippen LogP contribution in [0.15, 0.2) is 101 Å². The predicted octanol–water partition coefficient (Wildman–Crippen LogP) is 7.57. The summed E-state index contributed by atoms with van der Waals surface area (Å²) in [5.41, 5.74) is 2.22. The molecule has 1 N–H and O–H groups in total. The zero-order valence-electron chi connectivity index (χ0n) is 22.3. The zero-order valence-corrected chi connectivity index (χ0v) is 22.3. The molecule has 0 saturated heterocycles. The van der Waals surface area contributed by atoms with Crippen LogP contribution in [0, 0.1) is 0 Å². The van der Waals surface area contributed by atoms with E-state index in [1.165, 1.54) is 5.56 Å². The quantitative estimate of drug-likeness (QED) is 0.213. The highest BCUT2D eigenvalue weighted by Crippen LogP contribution is 2.38. The summed E-state index contributed by atoms with van der Waals surface area (Å²) < 4.78 is 13.3. The number of fused-ring (bicyclic) bond motifs is 2. The first-order valence-electron chi connectivity index (χ1n) is 12.9. The molecule has 1 heterocycles. The zero-order chi connectivity index (χ0) is 27.4. The van der Waals surface area contributed by atoms with Crippen LogP contribution in [-0.2, 0) is 16.8 Å². The Morgan fingerprint density at radius 2 is 1.54 bits per heavy atom. The molecule has 0 saturated carbocycles. The molecule has 0 spiro atoms. The first-order valence-corrected chi connectivity index (χ1v) is 12.9. The van der Waals surface area contributed by atoms with Gasteiger partial charge in [0.15, 0.2) is 12.3 Å². The lowest BCUT2D eigenvalue weighted by Crippen LogP contribution is -2.11. The number of amides is 1. The summed E-state index contributed by atoms with van der Waals surface area (Å²) in [6, 6.07) is 29.1. The number of aromatic nitrogens is 1. The van der Waals surface area contributed by atoms with Gasteiger partial charge in [0.05, 0.1) is 12.1 Å². The van der Waals surface area contributed by atoms with Gasteiger partial charge in [0, 0.05) is 5.39 Å². The molecule has 0 radical (unpaired) electrons. The van der Waals surface area contributed by atoms with Gasteiger partial charge in [-0.2, -0.15) is 0 Å². The molecule has 1 aromatic heterocycles. The molecular formula is C32H31N3O4. The molecule has 5 rings (SSSR count). The van der Waals surface area contributed by atoms with Gasteiger partial charge in [0.2, 0.25) is 5.88 Å². The first kappa shape index (κ1) is 26.0. The number of carbonyl (C=O) groups excluding carboxylic acids is 1. The second-order valence-electron chi connectivity index (χ2n) is 10.4. The van der Waals surface area contributed by atoms with Gasteiger partial charge in [-0.25, -0.2) is 0 Å². The Kier molecular flexibility index (Phi) is 7.32. The van der Waals surface area contributed by atoms with Crippen LogP contribution in [0.2, 0.25) is 0 Å². The van der Waals surface area contributed by atoms with Crippen molar-refractivity contribution in [3.05, 3.63) is 96.6 Å². The minimum atomic E-state index is -0.550. The third-order valence-corrected chi connectivity index (χ3v) is 6.57. The minimum absolute atomic E-state index is 0.0340. The van der Waals surface area contributed by atoms with Gasteiger partial charge in [0.25, 0.3) is 0 Å². The highest BCUT2D eigenvalue weighted by atomic mass is 16.5. The second-order valence-corrected chi connectivity index (χ2v) is 10.4. The van der Waals surface area contributed by atoms with Gasteiger partial charge in [-0.15, -0.1) is 10.2 Å². The minimum Gasteiger partial charge on any atom is -0.493 e. The molecule has 5 aromatic rings. The van der Waals surface area contributed by atoms with Crippen LogP contribution >= 0.6 is 0 Å². The van der Waals surface area contributed by atoms with Crippen LogP contribution < -0.4 is 9.47 Å². The Bertz CT molecular complexity index is 1650. The average Bonchev–Trinajstić information content (AvgIpc) is 3.20. The fourth-order valence-electron chi connectivity index (χ4n) is 4.44. The van der Waals surface area contributed by atoms with Crippen LogP contribution in [0.5, 0.6) is 17.4 Å². The topological polar surface area (TPSA) is 85.4 Å². The normalized spacial score (nSPS) is 11.9. The number of benzene rings is 4. The first-order chi connectivity index (χ1) is 18.8. The summed E-state index contributed by atoms with van der Waals surface area (Å²) in [4.78, 5) is 12.4. The van der Waals surface area contributed by atoms with E-state index in [9.17, 15) is 9.90 Å². The monoisotopic (exact) mass is 521 g/mol. The lowest BCUT2D eigenvalue weighted by Gasteiger charge is -2.19. The van der Waals surface area contributed by atoms with Crippen LogP contribution in [0.1, 0.15) is 26.3 Å². The molecule has 0 fully saturated rings. The van der Waals surface area contributed by atoms with Crippen molar-refractivity contribution in [2.24, 2.45) is 10.2 Å². The van der Waals surface area contributed by atoms with Crippen LogP contribution in [0.25, 0.3) is 21.7 Å². The molecule has 0 atom stereocenters. The maximum Gasteiger partial charge on any atom is 0.302 e. The van der Waals surface area contributed by atoms with E-state index in [1.54, 1.807) is 4.57 Å². The Morgan fingerprint density at radius 3 is 2.31 bits per heavy atom. The van der Waals surface area contributed by atoms with Crippen molar-refractivity contribution in [2.45, 2.75) is 32.7 Å². The van der Waals surface area contributed by atoms with Gasteiger partial charge in [-0.05, 0) is 52.1 Å². The molecule has 0 unspecified atom stereocenters. The van der Waals surface area contributed by atoms with Gasteiger partial charge >= 0.3 is 5.91 Å². The molecule has 0 aliphatic heterocycles. The van der Waals surface area contributed by atoms with E-state index < -0.39 is 5.91 Å². The van der Waals surface area contributed by atoms with Crippen molar-refractivity contribution in [1.82, 2.24) is 4.57 Å². The number of azo groups is 1. The highest BCUT2D eigenvalue weighted by molar-refractivity contribution is 5.95. The summed E-state index contributed by atoms with van der Waals surface area (Å²) in [7, 11) is 0. The third-order valence-electron chi connectivity index (χ3n) is 6.57. The molecule has 7 heteroatoms. The van der Waals surface area contributed by atoms with Gasteiger partial charge in [0.1, 0.15) is 18.1 Å². The standard InChI is InChI=1S/C32H31N3O4/c1-32(2,3)24-13-16-25(17-14-24)39-21-29(36)33-34-30-27-10-6-7-11-28(27)35(31(30)37)18-19-38-26-15-12-22-8-4-5-9-23(22)20-26/h4-17,20,37H,18-19,21H2,1-3H3. The molecule has 39 heavy (non-hydrogen) atoms. The molecule has 4 aromatic carbocycles. The summed E-state index contributed by atoms with van der Waals surface area (Å²) in [5.74, 6) is 0.708. The van der Waals surface area contributed by atoms with E-state index in [4.69, 9.17) is 9.47 Å². The maximum atomic E-state index is 12.4. The Balaban J connectivity index is 1.25. The van der Waals surface area contributed by atoms with E-state index in [2.05, 4.69) is 37.1 Å². The van der Waals surface area contributed by atoms with Crippen molar-refractivity contribution < 1.29 is 19.4 Å². The molecule has 1 amide bonds. The molecule has 0 aliphatic carbocycles. The van der Waals surface area contributed by atoms with Crippen molar-refractivity contribution in [2.75, 3.05) is 13.2 Å². The molecule has 0 aliphatic rings. The second kappa shape index (κ2) is 11.0. The Morgan fingerprint density at radius 1 is 0.846 bits per heavy atom. The summed E-state index contributed by atoms with van der Waals surface area (Å²) in [6.45, 7) is 6.88. The SMILES string of the molecule is CC(C)(C)c1ccc(OCC(=O)N=Nc2c(O)n(CCOc3ccc4ccccc4c3)c3ccccc23)cc1. The number of hydrogen-bond donors (Lipinski definition) is 1. The lowest BCUT2D eigenvalue weighted by molar-refractivity contribution is -0.120. The number of para-hydroxylation sites is 1. The predicted molar refractivity (Wildman–Crippen MR) is 153 cm³/mol. The molecular weight excluding hydrogens is 490 g/mol. The Labute approximate surface area is 227 Å². The highest BCUT2D eigenvalue weighted by Gasteiger charge is 2.17. The van der Waals surface area contributed by atoms with E-state index >= 15 is 0 Å². The van der Waals surface area contributed by atoms with E-state index in [0.29, 0.717) is 24.3 Å². The Hall–Kier alpha value is -4.65. The number of ether oxygens (including phenoxy) is 2. The van der Waals surface area contributed by atoms with Crippen molar-refractivity contribution >= 4 is 33.3 Å². The van der Waals surface area contributed by atoms with Crippen molar-refractivity contribution in [3.63, 3.8) is 0 Å². The fraction of sp³-hybridized carbons (Fsp3) is 0.219. The molecule has 0 bridgehead atoms. The number of carbonyl (C=O) groups is 1. The third kappa shape index (κ3) is 5.93. The van der Waals surface area contributed by atoms with Crippen LogP contribution in [0.4, 0.5) is 5.69 Å². The van der Waals surface area contributed by atoms with E-state index in [0.717, 1.165) is 22.0 Å². The smallest absolute Gasteiger partial charge is 0.302 e. The van der Waals surface area contributed by atoms with E-state index in [-0.39, 0.29) is 23.6 Å². The van der Waals surface area contributed by atoms with Gasteiger partial charge in [-0.3, -0.25) is 4.79 Å². The maximum absolute atomic E-state index is 12.4. The summed E-state index contributed by atoms with van der Waals surface area (Å²) in [6.07, 6.45) is 0. The summed E-state index contributed by atoms with van der Waals surface area (Å²) in [5, 5.41) is 21.8. The molecule has 7 nitrogen and oxygen atoms in total. The van der Waals surface area contributed by atoms with Crippen LogP contribution in [-0.4, -0.2) is 28.8 Å². The summed E-state index contributed by atoms with van der Waals surface area (Å²) >= 11 is 0. The largest absolute Gasteiger partial charge is 0.493 e. The van der Waals surface area contributed by atoms with Gasteiger partial charge < -0.3 is 19.1 Å². The van der Waals surface area contributed by atoms with Crippen molar-refractivity contribution in [3.8, 4) is 17.4 Å². The van der Waals surface area contributed by atoms with Crippen molar-refractivity contribution in [1.29, 1.82) is 0 Å². The van der Waals surface area contributed by atoms with E-state index in [1.807, 2.05) is 84.9 Å². The average molecular weight is 522 g/mol.